The Morgan fingerprint density at radius 1 is 1.37 bits per heavy atom. The van der Waals surface area contributed by atoms with E-state index in [0.29, 0.717) is 5.69 Å². The molecule has 0 bridgehead atoms. The van der Waals surface area contributed by atoms with E-state index in [2.05, 4.69) is 26.6 Å². The molecule has 19 heavy (non-hydrogen) atoms. The SMILES string of the molecule is Cc1c(Br)cccc1NC(=O)C(=O)NCC(C)CO. The van der Waals surface area contributed by atoms with Gasteiger partial charge in [-0.15, -0.1) is 0 Å². The number of hydrogen-bond acceptors (Lipinski definition) is 3. The summed E-state index contributed by atoms with van der Waals surface area (Å²) in [6.45, 7) is 3.84. The first-order valence-electron chi connectivity index (χ1n) is 5.90. The number of halogens is 1. The highest BCUT2D eigenvalue weighted by Gasteiger charge is 2.15. The van der Waals surface area contributed by atoms with Gasteiger partial charge in [0.1, 0.15) is 0 Å². The van der Waals surface area contributed by atoms with E-state index in [0.717, 1.165) is 10.0 Å². The highest BCUT2D eigenvalue weighted by atomic mass is 79.9. The van der Waals surface area contributed by atoms with Crippen molar-refractivity contribution < 1.29 is 14.7 Å². The van der Waals surface area contributed by atoms with Crippen LogP contribution in [-0.2, 0) is 9.59 Å². The van der Waals surface area contributed by atoms with Crippen LogP contribution in [0.5, 0.6) is 0 Å². The van der Waals surface area contributed by atoms with Crippen LogP contribution in [0.2, 0.25) is 0 Å². The summed E-state index contributed by atoms with van der Waals surface area (Å²) in [7, 11) is 0. The maximum Gasteiger partial charge on any atom is 0.313 e. The van der Waals surface area contributed by atoms with Crippen molar-refractivity contribution in [2.75, 3.05) is 18.5 Å². The average molecular weight is 329 g/mol. The Morgan fingerprint density at radius 3 is 2.68 bits per heavy atom. The minimum atomic E-state index is -0.716. The number of nitrogens with one attached hydrogen (secondary N) is 2. The summed E-state index contributed by atoms with van der Waals surface area (Å²) in [6.07, 6.45) is 0. The van der Waals surface area contributed by atoms with Crippen LogP contribution < -0.4 is 10.6 Å². The molecule has 0 aromatic heterocycles. The topological polar surface area (TPSA) is 78.4 Å². The average Bonchev–Trinajstić information content (AvgIpc) is 2.40. The lowest BCUT2D eigenvalue weighted by Crippen LogP contribution is -2.38. The number of carbonyl (C=O) groups is 2. The predicted octanol–water partition coefficient (Wildman–Crippen LogP) is 1.44. The second-order valence-corrected chi connectivity index (χ2v) is 5.22. The van der Waals surface area contributed by atoms with Gasteiger partial charge in [-0.05, 0) is 30.5 Å². The van der Waals surface area contributed by atoms with Crippen LogP contribution >= 0.6 is 15.9 Å². The highest BCUT2D eigenvalue weighted by molar-refractivity contribution is 9.10. The van der Waals surface area contributed by atoms with E-state index in [1.807, 2.05) is 13.0 Å². The van der Waals surface area contributed by atoms with Gasteiger partial charge >= 0.3 is 11.8 Å². The van der Waals surface area contributed by atoms with Gasteiger partial charge in [-0.3, -0.25) is 9.59 Å². The molecular formula is C13H17BrN2O3. The molecule has 6 heteroatoms. The van der Waals surface area contributed by atoms with Gasteiger partial charge < -0.3 is 15.7 Å². The number of aliphatic hydroxyl groups is 1. The van der Waals surface area contributed by atoms with E-state index < -0.39 is 11.8 Å². The van der Waals surface area contributed by atoms with E-state index in [-0.39, 0.29) is 19.1 Å². The van der Waals surface area contributed by atoms with Crippen LogP contribution in [0.1, 0.15) is 12.5 Å². The van der Waals surface area contributed by atoms with E-state index in [9.17, 15) is 9.59 Å². The molecule has 0 aliphatic heterocycles. The Hall–Kier alpha value is -1.40. The smallest absolute Gasteiger partial charge is 0.313 e. The molecule has 0 heterocycles. The van der Waals surface area contributed by atoms with Crippen molar-refractivity contribution in [2.24, 2.45) is 5.92 Å². The second kappa shape index (κ2) is 7.25. The zero-order chi connectivity index (χ0) is 14.4. The van der Waals surface area contributed by atoms with Gasteiger partial charge in [-0.2, -0.15) is 0 Å². The van der Waals surface area contributed by atoms with Gasteiger partial charge in [0, 0.05) is 23.3 Å². The number of benzene rings is 1. The van der Waals surface area contributed by atoms with E-state index in [1.165, 1.54) is 0 Å². The number of hydrogen-bond donors (Lipinski definition) is 3. The van der Waals surface area contributed by atoms with Gasteiger partial charge in [0.15, 0.2) is 0 Å². The first-order valence-corrected chi connectivity index (χ1v) is 6.70. The monoisotopic (exact) mass is 328 g/mol. The summed E-state index contributed by atoms with van der Waals surface area (Å²) in [6, 6.07) is 5.36. The van der Waals surface area contributed by atoms with Crippen molar-refractivity contribution in [3.63, 3.8) is 0 Å². The Bertz CT molecular complexity index is 477. The molecule has 0 saturated carbocycles. The van der Waals surface area contributed by atoms with Crippen molar-refractivity contribution in [3.05, 3.63) is 28.2 Å². The van der Waals surface area contributed by atoms with E-state index in [4.69, 9.17) is 5.11 Å². The third kappa shape index (κ3) is 4.65. The number of rotatable bonds is 4. The molecule has 0 aliphatic rings. The van der Waals surface area contributed by atoms with Crippen LogP contribution in [0.25, 0.3) is 0 Å². The lowest BCUT2D eigenvalue weighted by atomic mass is 10.2. The van der Waals surface area contributed by atoms with Crippen LogP contribution in [0.3, 0.4) is 0 Å². The predicted molar refractivity (Wildman–Crippen MR) is 76.8 cm³/mol. The molecule has 1 rings (SSSR count). The third-order valence-corrected chi connectivity index (χ3v) is 3.50. The fourth-order valence-electron chi connectivity index (χ4n) is 1.33. The Kier molecular flexibility index (Phi) is 5.98. The third-order valence-electron chi connectivity index (χ3n) is 2.64. The Labute approximate surface area is 120 Å². The van der Waals surface area contributed by atoms with Gasteiger partial charge in [0.25, 0.3) is 0 Å². The Balaban J connectivity index is 2.59. The van der Waals surface area contributed by atoms with E-state index in [1.54, 1.807) is 19.1 Å². The molecule has 1 aromatic carbocycles. The van der Waals surface area contributed by atoms with Crippen LogP contribution in [-0.4, -0.2) is 30.1 Å². The van der Waals surface area contributed by atoms with Crippen molar-refractivity contribution in [1.82, 2.24) is 5.32 Å². The zero-order valence-electron chi connectivity index (χ0n) is 10.9. The number of amides is 2. The largest absolute Gasteiger partial charge is 0.396 e. The summed E-state index contributed by atoms with van der Waals surface area (Å²) in [5.74, 6) is -1.50. The first kappa shape index (κ1) is 15.7. The fraction of sp³-hybridized carbons (Fsp3) is 0.385. The molecule has 0 fully saturated rings. The lowest BCUT2D eigenvalue weighted by Gasteiger charge is -2.11. The number of carbonyl (C=O) groups excluding carboxylic acids is 2. The molecule has 1 unspecified atom stereocenters. The summed E-state index contributed by atoms with van der Waals surface area (Å²) in [5.41, 5.74) is 1.44. The molecule has 1 atom stereocenters. The minimum Gasteiger partial charge on any atom is -0.396 e. The number of anilines is 1. The van der Waals surface area contributed by atoms with Crippen molar-refractivity contribution in [1.29, 1.82) is 0 Å². The quantitative estimate of drug-likeness (QED) is 0.732. The lowest BCUT2D eigenvalue weighted by molar-refractivity contribution is -0.136. The molecular weight excluding hydrogens is 312 g/mol. The standard InChI is InChI=1S/C13H17BrN2O3/c1-8(7-17)6-15-12(18)13(19)16-11-5-3-4-10(14)9(11)2/h3-5,8,17H,6-7H2,1-2H3,(H,15,18)(H,16,19). The van der Waals surface area contributed by atoms with Gasteiger partial charge in [0.2, 0.25) is 0 Å². The molecule has 0 spiro atoms. The van der Waals surface area contributed by atoms with Crippen molar-refractivity contribution >= 4 is 33.4 Å². The first-order chi connectivity index (χ1) is 8.95. The molecule has 5 nitrogen and oxygen atoms in total. The maximum atomic E-state index is 11.7. The fourth-order valence-corrected chi connectivity index (χ4v) is 1.70. The molecule has 2 amide bonds. The molecule has 0 saturated heterocycles. The molecule has 1 aromatic rings. The van der Waals surface area contributed by atoms with Crippen molar-refractivity contribution in [2.45, 2.75) is 13.8 Å². The zero-order valence-corrected chi connectivity index (χ0v) is 12.5. The van der Waals surface area contributed by atoms with E-state index >= 15 is 0 Å². The summed E-state index contributed by atoms with van der Waals surface area (Å²) < 4.78 is 0.861. The molecule has 3 N–H and O–H groups in total. The highest BCUT2D eigenvalue weighted by Crippen LogP contribution is 2.23. The Morgan fingerprint density at radius 2 is 2.05 bits per heavy atom. The molecule has 0 aliphatic carbocycles. The minimum absolute atomic E-state index is 0.0351. The summed E-state index contributed by atoms with van der Waals surface area (Å²) in [5, 5.41) is 13.8. The van der Waals surface area contributed by atoms with Crippen LogP contribution in [0.15, 0.2) is 22.7 Å². The van der Waals surface area contributed by atoms with Crippen LogP contribution in [0.4, 0.5) is 5.69 Å². The molecule has 104 valence electrons. The van der Waals surface area contributed by atoms with Gasteiger partial charge in [0.05, 0.1) is 0 Å². The normalized spacial score (nSPS) is 11.8. The van der Waals surface area contributed by atoms with Crippen molar-refractivity contribution in [3.8, 4) is 0 Å². The van der Waals surface area contributed by atoms with Gasteiger partial charge in [-0.25, -0.2) is 0 Å². The molecule has 0 radical (unpaired) electrons. The van der Waals surface area contributed by atoms with Crippen LogP contribution in [0, 0.1) is 12.8 Å². The summed E-state index contributed by atoms with van der Waals surface area (Å²) in [4.78, 5) is 23.2. The number of aliphatic hydroxyl groups excluding tert-OH is 1. The van der Waals surface area contributed by atoms with Gasteiger partial charge in [-0.1, -0.05) is 28.9 Å². The summed E-state index contributed by atoms with van der Waals surface area (Å²) >= 11 is 3.35. The second-order valence-electron chi connectivity index (χ2n) is 4.36. The maximum absolute atomic E-state index is 11.7.